The standard InChI is InChI=1S/C16H18BrNO/c1-12-5-3-4-6-13(12)10-18-11-14-9-15(17)7-8-16(14)19-2/h3-9,18H,10-11H2,1-2H3. The Morgan fingerprint density at radius 1 is 1.05 bits per heavy atom. The van der Waals surface area contributed by atoms with Crippen LogP contribution >= 0.6 is 15.9 Å². The van der Waals surface area contributed by atoms with E-state index in [9.17, 15) is 0 Å². The number of rotatable bonds is 5. The van der Waals surface area contributed by atoms with E-state index in [1.807, 2.05) is 12.1 Å². The first-order chi connectivity index (χ1) is 9.20. The zero-order chi connectivity index (χ0) is 13.7. The lowest BCUT2D eigenvalue weighted by Crippen LogP contribution is -2.14. The molecule has 0 unspecified atom stereocenters. The molecule has 0 fully saturated rings. The maximum Gasteiger partial charge on any atom is 0.123 e. The van der Waals surface area contributed by atoms with Gasteiger partial charge in [0.05, 0.1) is 7.11 Å². The van der Waals surface area contributed by atoms with E-state index in [-0.39, 0.29) is 0 Å². The maximum atomic E-state index is 5.37. The molecule has 0 radical (unpaired) electrons. The lowest BCUT2D eigenvalue weighted by Gasteiger charge is -2.11. The monoisotopic (exact) mass is 319 g/mol. The van der Waals surface area contributed by atoms with E-state index >= 15 is 0 Å². The van der Waals surface area contributed by atoms with E-state index in [0.29, 0.717) is 0 Å². The van der Waals surface area contributed by atoms with Crippen molar-refractivity contribution in [1.29, 1.82) is 0 Å². The minimum absolute atomic E-state index is 0.789. The van der Waals surface area contributed by atoms with Gasteiger partial charge >= 0.3 is 0 Å². The maximum absolute atomic E-state index is 5.37. The van der Waals surface area contributed by atoms with Crippen LogP contribution in [-0.4, -0.2) is 7.11 Å². The van der Waals surface area contributed by atoms with Gasteiger partial charge in [-0.1, -0.05) is 40.2 Å². The zero-order valence-electron chi connectivity index (χ0n) is 11.2. The first-order valence-corrected chi connectivity index (χ1v) is 7.07. The highest BCUT2D eigenvalue weighted by molar-refractivity contribution is 9.10. The van der Waals surface area contributed by atoms with Crippen molar-refractivity contribution in [2.45, 2.75) is 20.0 Å². The summed E-state index contributed by atoms with van der Waals surface area (Å²) in [6.45, 7) is 3.79. The number of hydrogen-bond acceptors (Lipinski definition) is 2. The predicted octanol–water partition coefficient (Wildman–Crippen LogP) is 4.06. The van der Waals surface area contributed by atoms with Gasteiger partial charge in [-0.3, -0.25) is 0 Å². The van der Waals surface area contributed by atoms with Crippen LogP contribution in [0.3, 0.4) is 0 Å². The van der Waals surface area contributed by atoms with Gasteiger partial charge in [-0.2, -0.15) is 0 Å². The van der Waals surface area contributed by atoms with Gasteiger partial charge in [0.25, 0.3) is 0 Å². The molecular formula is C16H18BrNO. The van der Waals surface area contributed by atoms with Crippen molar-refractivity contribution < 1.29 is 4.74 Å². The lowest BCUT2D eigenvalue weighted by atomic mass is 10.1. The fourth-order valence-electron chi connectivity index (χ4n) is 2.03. The van der Waals surface area contributed by atoms with Crippen LogP contribution in [0.25, 0.3) is 0 Å². The Morgan fingerprint density at radius 2 is 1.79 bits per heavy atom. The Labute approximate surface area is 122 Å². The Kier molecular flexibility index (Phi) is 5.00. The summed E-state index contributed by atoms with van der Waals surface area (Å²) in [5, 5.41) is 3.46. The van der Waals surface area contributed by atoms with Gasteiger partial charge in [-0.25, -0.2) is 0 Å². The summed E-state index contributed by atoms with van der Waals surface area (Å²) in [6.07, 6.45) is 0. The molecular weight excluding hydrogens is 302 g/mol. The minimum Gasteiger partial charge on any atom is -0.496 e. The molecule has 0 saturated heterocycles. The summed E-state index contributed by atoms with van der Waals surface area (Å²) in [4.78, 5) is 0. The van der Waals surface area contributed by atoms with Gasteiger partial charge in [0.1, 0.15) is 5.75 Å². The molecule has 2 aromatic carbocycles. The molecule has 0 atom stereocenters. The highest BCUT2D eigenvalue weighted by atomic mass is 79.9. The van der Waals surface area contributed by atoms with Gasteiger partial charge in [0.15, 0.2) is 0 Å². The molecule has 0 spiro atoms. The SMILES string of the molecule is COc1ccc(Br)cc1CNCc1ccccc1C. The van der Waals surface area contributed by atoms with E-state index in [4.69, 9.17) is 4.74 Å². The summed E-state index contributed by atoms with van der Waals surface area (Å²) in [5.41, 5.74) is 3.80. The molecule has 0 bridgehead atoms. The largest absolute Gasteiger partial charge is 0.496 e. The summed E-state index contributed by atoms with van der Waals surface area (Å²) in [6, 6.07) is 14.5. The smallest absolute Gasteiger partial charge is 0.123 e. The Hall–Kier alpha value is -1.32. The number of aryl methyl sites for hydroxylation is 1. The van der Waals surface area contributed by atoms with Gasteiger partial charge < -0.3 is 10.1 Å². The van der Waals surface area contributed by atoms with Gasteiger partial charge in [-0.05, 0) is 36.2 Å². The Morgan fingerprint density at radius 3 is 2.53 bits per heavy atom. The van der Waals surface area contributed by atoms with E-state index in [1.54, 1.807) is 7.11 Å². The van der Waals surface area contributed by atoms with Gasteiger partial charge in [-0.15, -0.1) is 0 Å². The highest BCUT2D eigenvalue weighted by Crippen LogP contribution is 2.22. The average molecular weight is 320 g/mol. The summed E-state index contributed by atoms with van der Waals surface area (Å²) in [5.74, 6) is 0.917. The van der Waals surface area contributed by atoms with Crippen molar-refractivity contribution in [3.05, 3.63) is 63.6 Å². The van der Waals surface area contributed by atoms with Crippen molar-refractivity contribution in [2.75, 3.05) is 7.11 Å². The van der Waals surface area contributed by atoms with Crippen LogP contribution in [0.2, 0.25) is 0 Å². The van der Waals surface area contributed by atoms with Gasteiger partial charge in [0, 0.05) is 23.1 Å². The van der Waals surface area contributed by atoms with Crippen LogP contribution in [0.5, 0.6) is 5.75 Å². The van der Waals surface area contributed by atoms with E-state index in [0.717, 1.165) is 28.9 Å². The molecule has 0 aliphatic rings. The highest BCUT2D eigenvalue weighted by Gasteiger charge is 2.04. The zero-order valence-corrected chi connectivity index (χ0v) is 12.8. The second-order valence-electron chi connectivity index (χ2n) is 4.49. The third kappa shape index (κ3) is 3.82. The first-order valence-electron chi connectivity index (χ1n) is 6.28. The number of nitrogens with one attached hydrogen (secondary N) is 1. The summed E-state index contributed by atoms with van der Waals surface area (Å²) in [7, 11) is 1.70. The Bertz CT molecular complexity index is 554. The molecule has 0 aliphatic heterocycles. The molecule has 0 amide bonds. The molecule has 1 N–H and O–H groups in total. The molecule has 0 aliphatic carbocycles. The van der Waals surface area contributed by atoms with Gasteiger partial charge in [0.2, 0.25) is 0 Å². The Balaban J connectivity index is 2.00. The van der Waals surface area contributed by atoms with Crippen LogP contribution in [0.15, 0.2) is 46.9 Å². The van der Waals surface area contributed by atoms with Crippen LogP contribution in [0.1, 0.15) is 16.7 Å². The van der Waals surface area contributed by atoms with Crippen LogP contribution in [0.4, 0.5) is 0 Å². The fourth-order valence-corrected chi connectivity index (χ4v) is 2.43. The molecule has 2 aromatic rings. The van der Waals surface area contributed by atoms with Crippen molar-refractivity contribution in [1.82, 2.24) is 5.32 Å². The number of methoxy groups -OCH3 is 1. The number of benzene rings is 2. The predicted molar refractivity (Wildman–Crippen MR) is 82.4 cm³/mol. The molecule has 3 heteroatoms. The van der Waals surface area contributed by atoms with Crippen molar-refractivity contribution in [2.24, 2.45) is 0 Å². The molecule has 0 saturated carbocycles. The van der Waals surface area contributed by atoms with Crippen LogP contribution in [-0.2, 0) is 13.1 Å². The quantitative estimate of drug-likeness (QED) is 0.897. The topological polar surface area (TPSA) is 21.3 Å². The minimum atomic E-state index is 0.789. The van der Waals surface area contributed by atoms with Crippen molar-refractivity contribution >= 4 is 15.9 Å². The summed E-state index contributed by atoms with van der Waals surface area (Å²) < 4.78 is 6.44. The van der Waals surface area contributed by atoms with Crippen molar-refractivity contribution in [3.63, 3.8) is 0 Å². The second kappa shape index (κ2) is 6.73. The first kappa shape index (κ1) is 14.1. The van der Waals surface area contributed by atoms with Crippen molar-refractivity contribution in [3.8, 4) is 5.75 Å². The number of halogens is 1. The average Bonchev–Trinajstić information content (AvgIpc) is 2.41. The molecule has 2 nitrogen and oxygen atoms in total. The third-order valence-corrected chi connectivity index (χ3v) is 3.63. The molecule has 100 valence electrons. The normalized spacial score (nSPS) is 10.5. The van der Waals surface area contributed by atoms with Crippen LogP contribution < -0.4 is 10.1 Å². The van der Waals surface area contributed by atoms with Crippen LogP contribution in [0, 0.1) is 6.92 Å². The molecule has 0 aromatic heterocycles. The molecule has 0 heterocycles. The number of hydrogen-bond donors (Lipinski definition) is 1. The summed E-state index contributed by atoms with van der Waals surface area (Å²) >= 11 is 3.49. The molecule has 19 heavy (non-hydrogen) atoms. The molecule has 2 rings (SSSR count). The van der Waals surface area contributed by atoms with E-state index in [1.165, 1.54) is 11.1 Å². The fraction of sp³-hybridized carbons (Fsp3) is 0.250. The second-order valence-corrected chi connectivity index (χ2v) is 5.40. The lowest BCUT2D eigenvalue weighted by molar-refractivity contribution is 0.407. The number of ether oxygens (including phenoxy) is 1. The third-order valence-electron chi connectivity index (χ3n) is 3.13. The van der Waals surface area contributed by atoms with E-state index in [2.05, 4.69) is 58.5 Å². The van der Waals surface area contributed by atoms with E-state index < -0.39 is 0 Å².